The van der Waals surface area contributed by atoms with Crippen molar-refractivity contribution in [3.63, 3.8) is 0 Å². The van der Waals surface area contributed by atoms with Crippen molar-refractivity contribution in [2.45, 2.75) is 19.9 Å². The smallest absolute Gasteiger partial charge is 0.229 e. The maximum atomic E-state index is 12.7. The van der Waals surface area contributed by atoms with Gasteiger partial charge in [0.1, 0.15) is 0 Å². The van der Waals surface area contributed by atoms with Gasteiger partial charge >= 0.3 is 0 Å². The monoisotopic (exact) mass is 368 g/mol. The molecule has 6 nitrogen and oxygen atoms in total. The molecule has 0 aliphatic carbocycles. The number of methoxy groups -OCH3 is 2. The van der Waals surface area contributed by atoms with Crippen LogP contribution in [0.25, 0.3) is 0 Å². The first-order valence-electron chi connectivity index (χ1n) is 8.87. The minimum absolute atomic E-state index is 0.00281. The standard InChI is InChI=1S/C21H24N2O4/c1-14-9-18(26-2)19(27-3)11-17(14)22-21(25)16-10-20(24)23(13-16)12-15-7-5-4-6-8-15/h4-9,11,16H,10,12-13H2,1-3H3,(H,22,25)/t16-/m1/s1. The lowest BCUT2D eigenvalue weighted by Crippen LogP contribution is -2.28. The van der Waals surface area contributed by atoms with Gasteiger partial charge in [0, 0.05) is 31.3 Å². The lowest BCUT2D eigenvalue weighted by atomic mass is 10.1. The fourth-order valence-corrected chi connectivity index (χ4v) is 3.25. The molecule has 0 saturated carbocycles. The molecule has 2 aromatic carbocycles. The molecule has 142 valence electrons. The molecule has 0 unspecified atom stereocenters. The van der Waals surface area contributed by atoms with E-state index in [9.17, 15) is 9.59 Å². The van der Waals surface area contributed by atoms with Crippen molar-refractivity contribution in [3.8, 4) is 11.5 Å². The molecule has 1 fully saturated rings. The molecule has 6 heteroatoms. The van der Waals surface area contributed by atoms with Crippen LogP contribution in [0.2, 0.25) is 0 Å². The van der Waals surface area contributed by atoms with Crippen molar-refractivity contribution in [2.75, 3.05) is 26.1 Å². The number of carbonyl (C=O) groups is 2. The van der Waals surface area contributed by atoms with Crippen LogP contribution in [0.15, 0.2) is 42.5 Å². The summed E-state index contributed by atoms with van der Waals surface area (Å²) >= 11 is 0. The van der Waals surface area contributed by atoms with E-state index in [1.54, 1.807) is 25.2 Å². The third-order valence-corrected chi connectivity index (χ3v) is 4.79. The molecular weight excluding hydrogens is 344 g/mol. The number of hydrogen-bond donors (Lipinski definition) is 1. The normalized spacial score (nSPS) is 16.3. The highest BCUT2D eigenvalue weighted by atomic mass is 16.5. The van der Waals surface area contributed by atoms with E-state index in [1.807, 2.05) is 43.3 Å². The van der Waals surface area contributed by atoms with E-state index in [0.29, 0.717) is 30.3 Å². The summed E-state index contributed by atoms with van der Waals surface area (Å²) in [6, 6.07) is 13.3. The lowest BCUT2D eigenvalue weighted by molar-refractivity contribution is -0.128. The summed E-state index contributed by atoms with van der Waals surface area (Å²) in [7, 11) is 3.12. The van der Waals surface area contributed by atoms with Gasteiger partial charge in [-0.15, -0.1) is 0 Å². The maximum absolute atomic E-state index is 12.7. The first kappa shape index (κ1) is 18.8. The number of nitrogens with zero attached hydrogens (tertiary/aromatic N) is 1. The van der Waals surface area contributed by atoms with E-state index in [2.05, 4.69) is 5.32 Å². The molecule has 1 atom stereocenters. The van der Waals surface area contributed by atoms with E-state index >= 15 is 0 Å². The molecule has 1 aliphatic rings. The van der Waals surface area contributed by atoms with Crippen LogP contribution in [-0.2, 0) is 16.1 Å². The number of nitrogens with one attached hydrogen (secondary N) is 1. The lowest BCUT2D eigenvalue weighted by Gasteiger charge is -2.17. The molecular formula is C21H24N2O4. The van der Waals surface area contributed by atoms with Crippen molar-refractivity contribution in [1.82, 2.24) is 4.90 Å². The van der Waals surface area contributed by atoms with Crippen LogP contribution in [-0.4, -0.2) is 37.5 Å². The highest BCUT2D eigenvalue weighted by Crippen LogP contribution is 2.33. The highest BCUT2D eigenvalue weighted by molar-refractivity contribution is 5.97. The predicted molar refractivity (Wildman–Crippen MR) is 103 cm³/mol. The molecule has 3 rings (SSSR count). The van der Waals surface area contributed by atoms with Gasteiger partial charge in [0.05, 0.1) is 20.1 Å². The minimum atomic E-state index is -0.367. The van der Waals surface area contributed by atoms with Crippen LogP contribution >= 0.6 is 0 Å². The Bertz CT molecular complexity index is 836. The third kappa shape index (κ3) is 4.22. The number of amides is 2. The van der Waals surface area contributed by atoms with Crippen molar-refractivity contribution >= 4 is 17.5 Å². The summed E-state index contributed by atoms with van der Waals surface area (Å²) < 4.78 is 10.6. The molecule has 2 aromatic rings. The zero-order valence-electron chi connectivity index (χ0n) is 15.8. The SMILES string of the molecule is COc1cc(C)c(NC(=O)[C@@H]2CC(=O)N(Cc3ccccc3)C2)cc1OC. The van der Waals surface area contributed by atoms with E-state index in [0.717, 1.165) is 11.1 Å². The van der Waals surface area contributed by atoms with Crippen LogP contribution in [0.4, 0.5) is 5.69 Å². The van der Waals surface area contributed by atoms with Crippen molar-refractivity contribution < 1.29 is 19.1 Å². The van der Waals surface area contributed by atoms with E-state index in [-0.39, 0.29) is 24.2 Å². The molecule has 1 saturated heterocycles. The van der Waals surface area contributed by atoms with Gasteiger partial charge in [-0.2, -0.15) is 0 Å². The van der Waals surface area contributed by atoms with E-state index in [1.165, 1.54) is 0 Å². The molecule has 0 aromatic heterocycles. The van der Waals surface area contributed by atoms with Crippen molar-refractivity contribution in [2.24, 2.45) is 5.92 Å². The quantitative estimate of drug-likeness (QED) is 0.851. The predicted octanol–water partition coefficient (Wildman–Crippen LogP) is 3.00. The number of benzene rings is 2. The Labute approximate surface area is 159 Å². The van der Waals surface area contributed by atoms with Crippen LogP contribution < -0.4 is 14.8 Å². The topological polar surface area (TPSA) is 67.9 Å². The second kappa shape index (κ2) is 8.12. The highest BCUT2D eigenvalue weighted by Gasteiger charge is 2.34. The zero-order valence-corrected chi connectivity index (χ0v) is 15.8. The molecule has 0 bridgehead atoms. The minimum Gasteiger partial charge on any atom is -0.493 e. The maximum Gasteiger partial charge on any atom is 0.229 e. The van der Waals surface area contributed by atoms with Gasteiger partial charge in [-0.1, -0.05) is 30.3 Å². The fourth-order valence-electron chi connectivity index (χ4n) is 3.25. The Kier molecular flexibility index (Phi) is 5.64. The number of likely N-dealkylation sites (tertiary alicyclic amines) is 1. The number of anilines is 1. The summed E-state index contributed by atoms with van der Waals surface area (Å²) in [6.45, 7) is 2.84. The first-order chi connectivity index (χ1) is 13.0. The average Bonchev–Trinajstić information content (AvgIpc) is 3.04. The van der Waals surface area contributed by atoms with Crippen molar-refractivity contribution in [3.05, 3.63) is 53.6 Å². The summed E-state index contributed by atoms with van der Waals surface area (Å²) in [5.74, 6) is 0.635. The van der Waals surface area contributed by atoms with Gasteiger partial charge in [-0.3, -0.25) is 9.59 Å². The number of hydrogen-bond acceptors (Lipinski definition) is 4. The number of carbonyl (C=O) groups excluding carboxylic acids is 2. The number of ether oxygens (including phenoxy) is 2. The van der Waals surface area contributed by atoms with E-state index < -0.39 is 0 Å². The van der Waals surface area contributed by atoms with Crippen molar-refractivity contribution in [1.29, 1.82) is 0 Å². The molecule has 1 heterocycles. The third-order valence-electron chi connectivity index (χ3n) is 4.79. The Balaban J connectivity index is 1.68. The average molecular weight is 368 g/mol. The summed E-state index contributed by atoms with van der Waals surface area (Å²) in [5, 5.41) is 2.93. The van der Waals surface area contributed by atoms with Crippen LogP contribution in [0, 0.1) is 12.8 Å². The number of aryl methyl sites for hydroxylation is 1. The van der Waals surface area contributed by atoms with Crippen LogP contribution in [0.1, 0.15) is 17.5 Å². The summed E-state index contributed by atoms with van der Waals surface area (Å²) in [4.78, 5) is 26.7. The van der Waals surface area contributed by atoms with Gasteiger partial charge in [0.25, 0.3) is 0 Å². The van der Waals surface area contributed by atoms with Crippen LogP contribution in [0.3, 0.4) is 0 Å². The van der Waals surface area contributed by atoms with Gasteiger partial charge in [-0.25, -0.2) is 0 Å². The van der Waals surface area contributed by atoms with Gasteiger partial charge in [0.2, 0.25) is 11.8 Å². The Morgan fingerprint density at radius 3 is 2.48 bits per heavy atom. The molecule has 1 N–H and O–H groups in total. The van der Waals surface area contributed by atoms with E-state index in [4.69, 9.17) is 9.47 Å². The second-order valence-corrected chi connectivity index (χ2v) is 6.67. The summed E-state index contributed by atoms with van der Waals surface area (Å²) in [6.07, 6.45) is 0.227. The Morgan fingerprint density at radius 2 is 1.81 bits per heavy atom. The molecule has 0 spiro atoms. The Hall–Kier alpha value is -3.02. The van der Waals surface area contributed by atoms with Gasteiger partial charge in [0.15, 0.2) is 11.5 Å². The largest absolute Gasteiger partial charge is 0.493 e. The van der Waals surface area contributed by atoms with Gasteiger partial charge in [-0.05, 0) is 24.1 Å². The van der Waals surface area contributed by atoms with Crippen LogP contribution in [0.5, 0.6) is 11.5 Å². The fraction of sp³-hybridized carbons (Fsp3) is 0.333. The first-order valence-corrected chi connectivity index (χ1v) is 8.87. The molecule has 27 heavy (non-hydrogen) atoms. The zero-order chi connectivity index (χ0) is 19.4. The molecule has 1 aliphatic heterocycles. The second-order valence-electron chi connectivity index (χ2n) is 6.67. The summed E-state index contributed by atoms with van der Waals surface area (Å²) in [5.41, 5.74) is 2.58. The number of rotatable bonds is 6. The van der Waals surface area contributed by atoms with Gasteiger partial charge < -0.3 is 19.7 Å². The Morgan fingerprint density at radius 1 is 1.15 bits per heavy atom. The molecule has 2 amide bonds. The molecule has 0 radical (unpaired) electrons.